The Labute approximate surface area is 186 Å². The van der Waals surface area contributed by atoms with Crippen molar-refractivity contribution in [2.45, 2.75) is 11.8 Å². The van der Waals surface area contributed by atoms with Crippen molar-refractivity contribution in [1.82, 2.24) is 0 Å². The van der Waals surface area contributed by atoms with Gasteiger partial charge in [0.15, 0.2) is 0 Å². The van der Waals surface area contributed by atoms with Gasteiger partial charge in [-0.15, -0.1) is 0 Å². The Bertz CT molecular complexity index is 1160. The third kappa shape index (κ3) is 3.97. The van der Waals surface area contributed by atoms with Crippen molar-refractivity contribution in [2.24, 2.45) is 0 Å². The van der Waals surface area contributed by atoms with Crippen molar-refractivity contribution in [2.75, 3.05) is 20.8 Å². The summed E-state index contributed by atoms with van der Waals surface area (Å²) in [5.74, 6) is 0.378. The minimum absolute atomic E-state index is 0. The quantitative estimate of drug-likeness (QED) is 0.282. The number of rotatable bonds is 5. The molecule has 0 fully saturated rings. The molecule has 0 saturated heterocycles. The molecule has 0 aliphatic heterocycles. The number of benzene rings is 3. The van der Waals surface area contributed by atoms with Gasteiger partial charge in [0.2, 0.25) is 0 Å². The summed E-state index contributed by atoms with van der Waals surface area (Å²) in [6.45, 7) is 1.96. The van der Waals surface area contributed by atoms with Crippen molar-refractivity contribution < 1.29 is 63.0 Å². The molecule has 0 spiro atoms. The standard InChI is InChI=1S/C19H18O7S.Na.H/c1-4-26-19(20)11-5-7-13-15(9-11)18(25-3)16-10-12(27(21,22)23)6-8-14(16)17(13)24-2;;/h5-10H,4H2,1-3H3,(H,21,22,23);;/q;+1;-1. The Morgan fingerprint density at radius 2 is 1.50 bits per heavy atom. The summed E-state index contributed by atoms with van der Waals surface area (Å²) >= 11 is 0. The number of carbonyl (C=O) groups excluding carboxylic acids is 1. The second-order valence-electron chi connectivity index (χ2n) is 5.73. The summed E-state index contributed by atoms with van der Waals surface area (Å²) in [6.07, 6.45) is 0. The molecule has 0 aliphatic carbocycles. The SMILES string of the molecule is CCOC(=O)c1ccc2c(OC)c3ccc(S(=O)(=O)O)cc3c(OC)c2c1.[H-].[Na+]. The maximum absolute atomic E-state index is 12.1. The molecule has 0 saturated carbocycles. The van der Waals surface area contributed by atoms with Gasteiger partial charge in [-0.05, 0) is 43.3 Å². The molecular formula is C19H19NaO7S. The van der Waals surface area contributed by atoms with Crippen LogP contribution < -0.4 is 39.0 Å². The predicted molar refractivity (Wildman–Crippen MR) is 101 cm³/mol. The molecule has 144 valence electrons. The minimum Gasteiger partial charge on any atom is -1.00 e. The van der Waals surface area contributed by atoms with E-state index in [9.17, 15) is 17.8 Å². The van der Waals surface area contributed by atoms with Crippen molar-refractivity contribution in [3.8, 4) is 11.5 Å². The smallest absolute Gasteiger partial charge is 1.00 e. The number of hydrogen-bond donors (Lipinski definition) is 1. The number of methoxy groups -OCH3 is 2. The fourth-order valence-corrected chi connectivity index (χ4v) is 3.58. The Morgan fingerprint density at radius 3 is 2.04 bits per heavy atom. The van der Waals surface area contributed by atoms with E-state index in [4.69, 9.17) is 14.2 Å². The maximum Gasteiger partial charge on any atom is 1.00 e. The summed E-state index contributed by atoms with van der Waals surface area (Å²) in [4.78, 5) is 11.8. The van der Waals surface area contributed by atoms with Gasteiger partial charge in [-0.1, -0.05) is 0 Å². The van der Waals surface area contributed by atoms with E-state index >= 15 is 0 Å². The van der Waals surface area contributed by atoms with E-state index in [0.29, 0.717) is 38.6 Å². The van der Waals surface area contributed by atoms with E-state index in [-0.39, 0.29) is 42.5 Å². The second kappa shape index (κ2) is 8.67. The van der Waals surface area contributed by atoms with Gasteiger partial charge in [-0.3, -0.25) is 4.55 Å². The van der Waals surface area contributed by atoms with Crippen LogP contribution in [0.15, 0.2) is 41.3 Å². The average Bonchev–Trinajstić information content (AvgIpc) is 2.64. The normalized spacial score (nSPS) is 11.1. The first-order valence-corrected chi connectivity index (χ1v) is 9.51. The van der Waals surface area contributed by atoms with Crippen molar-refractivity contribution >= 4 is 37.6 Å². The van der Waals surface area contributed by atoms with Gasteiger partial charge in [0.25, 0.3) is 10.1 Å². The van der Waals surface area contributed by atoms with Crippen LogP contribution >= 0.6 is 0 Å². The van der Waals surface area contributed by atoms with Crippen LogP contribution in [0.25, 0.3) is 21.5 Å². The number of fused-ring (bicyclic) bond motifs is 2. The summed E-state index contributed by atoms with van der Waals surface area (Å²) < 4.78 is 48.5. The van der Waals surface area contributed by atoms with Crippen LogP contribution in [0.1, 0.15) is 18.7 Å². The first-order chi connectivity index (χ1) is 12.8. The molecule has 3 aromatic rings. The van der Waals surface area contributed by atoms with Crippen LogP contribution in [-0.4, -0.2) is 39.8 Å². The number of esters is 1. The molecule has 0 radical (unpaired) electrons. The zero-order valence-electron chi connectivity index (χ0n) is 17.0. The van der Waals surface area contributed by atoms with E-state index in [1.807, 2.05) is 0 Å². The van der Waals surface area contributed by atoms with Gasteiger partial charge in [-0.2, -0.15) is 8.42 Å². The minimum atomic E-state index is -4.39. The van der Waals surface area contributed by atoms with E-state index in [2.05, 4.69) is 0 Å². The van der Waals surface area contributed by atoms with Gasteiger partial charge < -0.3 is 15.6 Å². The molecule has 0 heterocycles. The van der Waals surface area contributed by atoms with Crippen LogP contribution in [0.3, 0.4) is 0 Å². The molecule has 0 unspecified atom stereocenters. The van der Waals surface area contributed by atoms with Gasteiger partial charge >= 0.3 is 35.5 Å². The molecule has 28 heavy (non-hydrogen) atoms. The summed E-state index contributed by atoms with van der Waals surface area (Å²) in [6, 6.07) is 9.09. The molecule has 7 nitrogen and oxygen atoms in total. The van der Waals surface area contributed by atoms with E-state index in [1.54, 1.807) is 31.2 Å². The molecular weight excluding hydrogens is 395 g/mol. The number of hydrogen-bond acceptors (Lipinski definition) is 6. The largest absolute Gasteiger partial charge is 1.00 e. The summed E-state index contributed by atoms with van der Waals surface area (Å²) in [5, 5.41) is 2.28. The number of ether oxygens (including phenoxy) is 3. The first kappa shape index (κ1) is 22.4. The Kier molecular flexibility index (Phi) is 6.95. The van der Waals surface area contributed by atoms with Crippen LogP contribution in [0.4, 0.5) is 0 Å². The molecule has 9 heteroatoms. The van der Waals surface area contributed by atoms with Gasteiger partial charge in [-0.25, -0.2) is 4.79 Å². The van der Waals surface area contributed by atoms with Crippen LogP contribution in [-0.2, 0) is 14.9 Å². The van der Waals surface area contributed by atoms with E-state index in [0.717, 1.165) is 0 Å². The van der Waals surface area contributed by atoms with Crippen LogP contribution in [0.2, 0.25) is 0 Å². The maximum atomic E-state index is 12.1. The van der Waals surface area contributed by atoms with E-state index in [1.165, 1.54) is 26.4 Å². The zero-order valence-corrected chi connectivity index (χ0v) is 18.8. The number of carbonyl (C=O) groups is 1. The molecule has 0 atom stereocenters. The van der Waals surface area contributed by atoms with Crippen molar-refractivity contribution in [3.63, 3.8) is 0 Å². The van der Waals surface area contributed by atoms with E-state index < -0.39 is 16.1 Å². The second-order valence-corrected chi connectivity index (χ2v) is 7.15. The molecule has 1 N–H and O–H groups in total. The van der Waals surface area contributed by atoms with Gasteiger partial charge in [0.1, 0.15) is 11.5 Å². The molecule has 0 aromatic heterocycles. The predicted octanol–water partition coefficient (Wildman–Crippen LogP) is 0.550. The average molecular weight is 414 g/mol. The third-order valence-electron chi connectivity index (χ3n) is 4.21. The monoisotopic (exact) mass is 414 g/mol. The van der Waals surface area contributed by atoms with Crippen LogP contribution in [0.5, 0.6) is 11.5 Å². The van der Waals surface area contributed by atoms with Crippen molar-refractivity contribution in [3.05, 3.63) is 42.0 Å². The summed E-state index contributed by atoms with van der Waals surface area (Å²) in [5.41, 5.74) is 0.329. The molecule has 0 bridgehead atoms. The fraction of sp³-hybridized carbons (Fsp3) is 0.211. The van der Waals surface area contributed by atoms with Gasteiger partial charge in [0.05, 0.1) is 31.3 Å². The van der Waals surface area contributed by atoms with Crippen LogP contribution in [0, 0.1) is 0 Å². The first-order valence-electron chi connectivity index (χ1n) is 8.07. The topological polar surface area (TPSA) is 99.1 Å². The Morgan fingerprint density at radius 1 is 0.964 bits per heavy atom. The fourth-order valence-electron chi connectivity index (χ4n) is 3.07. The van der Waals surface area contributed by atoms with Crippen molar-refractivity contribution in [1.29, 1.82) is 0 Å². The Hall–Kier alpha value is -1.84. The Balaban J connectivity index is 0.00000210. The molecule has 0 amide bonds. The molecule has 0 aliphatic rings. The summed E-state index contributed by atoms with van der Waals surface area (Å²) in [7, 11) is -1.45. The third-order valence-corrected chi connectivity index (χ3v) is 5.06. The zero-order chi connectivity index (χ0) is 19.8. The molecule has 3 aromatic carbocycles. The van der Waals surface area contributed by atoms with Gasteiger partial charge in [0, 0.05) is 21.5 Å². The molecule has 3 rings (SSSR count).